The Balaban J connectivity index is 1.80. The summed E-state index contributed by atoms with van der Waals surface area (Å²) < 4.78 is 5.80. The summed E-state index contributed by atoms with van der Waals surface area (Å²) in [5.41, 5.74) is 2.37. The van der Waals surface area contributed by atoms with Crippen LogP contribution in [0.2, 0.25) is 0 Å². The van der Waals surface area contributed by atoms with Gasteiger partial charge in [-0.3, -0.25) is 9.69 Å². The van der Waals surface area contributed by atoms with Crippen molar-refractivity contribution in [2.24, 2.45) is 5.92 Å². The Bertz CT molecular complexity index is 481. The number of aliphatic carboxylic acids is 1. The van der Waals surface area contributed by atoms with Gasteiger partial charge >= 0.3 is 5.97 Å². The van der Waals surface area contributed by atoms with Gasteiger partial charge in [-0.15, -0.1) is 0 Å². The molecule has 0 aromatic heterocycles. The van der Waals surface area contributed by atoms with Gasteiger partial charge in [0.2, 0.25) is 0 Å². The SMILES string of the molecule is CCCCCOc1ccc(CN2CC(C(=O)O)C2)cc1C. The van der Waals surface area contributed by atoms with Gasteiger partial charge in [-0.2, -0.15) is 0 Å². The summed E-state index contributed by atoms with van der Waals surface area (Å²) in [6.45, 7) is 7.16. The molecule has 1 aromatic carbocycles. The standard InChI is InChI=1S/C17H25NO3/c1-3-4-5-8-21-16-7-6-14(9-13(16)2)10-18-11-15(12-18)17(19)20/h6-7,9,15H,3-5,8,10-12H2,1-2H3,(H,19,20). The number of rotatable bonds is 8. The lowest BCUT2D eigenvalue weighted by Crippen LogP contribution is -2.49. The van der Waals surface area contributed by atoms with Gasteiger partial charge in [0, 0.05) is 19.6 Å². The largest absolute Gasteiger partial charge is 0.493 e. The third-order valence-corrected chi connectivity index (χ3v) is 3.96. The Hall–Kier alpha value is -1.55. The lowest BCUT2D eigenvalue weighted by atomic mass is 9.99. The fraction of sp³-hybridized carbons (Fsp3) is 0.588. The number of carboxylic acid groups (broad SMARTS) is 1. The van der Waals surface area contributed by atoms with Crippen LogP contribution >= 0.6 is 0 Å². The van der Waals surface area contributed by atoms with E-state index in [1.165, 1.54) is 18.4 Å². The van der Waals surface area contributed by atoms with Crippen LogP contribution in [0.3, 0.4) is 0 Å². The second-order valence-electron chi connectivity index (χ2n) is 5.88. The lowest BCUT2D eigenvalue weighted by Gasteiger charge is -2.36. The van der Waals surface area contributed by atoms with Crippen LogP contribution in [-0.4, -0.2) is 35.7 Å². The molecule has 0 bridgehead atoms. The molecule has 0 aliphatic carbocycles. The number of hydrogen-bond acceptors (Lipinski definition) is 3. The smallest absolute Gasteiger partial charge is 0.309 e. The summed E-state index contributed by atoms with van der Waals surface area (Å²) in [4.78, 5) is 12.9. The van der Waals surface area contributed by atoms with Crippen molar-refractivity contribution >= 4 is 5.97 Å². The van der Waals surface area contributed by atoms with Crippen molar-refractivity contribution in [3.63, 3.8) is 0 Å². The number of carboxylic acids is 1. The molecule has 0 atom stereocenters. The first-order valence-corrected chi connectivity index (χ1v) is 7.77. The number of nitrogens with zero attached hydrogens (tertiary/aromatic N) is 1. The summed E-state index contributed by atoms with van der Waals surface area (Å²) in [6.07, 6.45) is 3.51. The van der Waals surface area contributed by atoms with E-state index in [4.69, 9.17) is 9.84 Å². The Morgan fingerprint density at radius 2 is 2.14 bits per heavy atom. The molecule has 1 N–H and O–H groups in total. The molecule has 1 heterocycles. The molecule has 2 rings (SSSR count). The van der Waals surface area contributed by atoms with Gasteiger partial charge in [0.05, 0.1) is 12.5 Å². The molecule has 0 unspecified atom stereocenters. The van der Waals surface area contributed by atoms with Crippen LogP contribution in [0, 0.1) is 12.8 Å². The van der Waals surface area contributed by atoms with Crippen LogP contribution in [0.25, 0.3) is 0 Å². The van der Waals surface area contributed by atoms with Gasteiger partial charge in [-0.1, -0.05) is 31.9 Å². The van der Waals surface area contributed by atoms with Gasteiger partial charge < -0.3 is 9.84 Å². The zero-order valence-corrected chi connectivity index (χ0v) is 13.0. The summed E-state index contributed by atoms with van der Waals surface area (Å²) in [6, 6.07) is 6.25. The minimum atomic E-state index is -0.682. The molecule has 0 saturated carbocycles. The van der Waals surface area contributed by atoms with Gasteiger partial charge in [0.25, 0.3) is 0 Å². The summed E-state index contributed by atoms with van der Waals surface area (Å²) in [5.74, 6) is 0.0902. The Kier molecular flexibility index (Phi) is 5.62. The van der Waals surface area contributed by atoms with Crippen LogP contribution < -0.4 is 4.74 Å². The van der Waals surface area contributed by atoms with E-state index in [2.05, 4.69) is 30.9 Å². The Labute approximate surface area is 126 Å². The number of unbranched alkanes of at least 4 members (excludes halogenated alkanes) is 2. The predicted molar refractivity (Wildman–Crippen MR) is 82.6 cm³/mol. The van der Waals surface area contributed by atoms with E-state index in [0.29, 0.717) is 13.1 Å². The number of hydrogen-bond donors (Lipinski definition) is 1. The van der Waals surface area contributed by atoms with E-state index in [1.54, 1.807) is 0 Å². The molecule has 0 radical (unpaired) electrons. The quantitative estimate of drug-likeness (QED) is 0.748. The molecule has 0 amide bonds. The highest BCUT2D eigenvalue weighted by Gasteiger charge is 2.32. The van der Waals surface area contributed by atoms with Crippen LogP contribution in [0.1, 0.15) is 37.3 Å². The first-order valence-electron chi connectivity index (χ1n) is 7.77. The van der Waals surface area contributed by atoms with Gasteiger partial charge in [-0.05, 0) is 30.5 Å². The number of benzene rings is 1. The number of ether oxygens (including phenoxy) is 1. The maximum atomic E-state index is 10.8. The van der Waals surface area contributed by atoms with Crippen molar-refractivity contribution in [1.29, 1.82) is 0 Å². The summed E-state index contributed by atoms with van der Waals surface area (Å²) >= 11 is 0. The van der Waals surface area contributed by atoms with Crippen LogP contribution in [0.4, 0.5) is 0 Å². The minimum Gasteiger partial charge on any atom is -0.493 e. The summed E-state index contributed by atoms with van der Waals surface area (Å²) in [7, 11) is 0. The predicted octanol–water partition coefficient (Wildman–Crippen LogP) is 3.08. The lowest BCUT2D eigenvalue weighted by molar-refractivity contribution is -0.147. The van der Waals surface area contributed by atoms with Crippen LogP contribution in [0.5, 0.6) is 5.75 Å². The van der Waals surface area contributed by atoms with Crippen molar-refractivity contribution < 1.29 is 14.6 Å². The highest BCUT2D eigenvalue weighted by Crippen LogP contribution is 2.23. The van der Waals surface area contributed by atoms with Crippen molar-refractivity contribution in [2.45, 2.75) is 39.7 Å². The van der Waals surface area contributed by atoms with Crippen LogP contribution in [-0.2, 0) is 11.3 Å². The molecular weight excluding hydrogens is 266 g/mol. The first-order chi connectivity index (χ1) is 10.1. The van der Waals surface area contributed by atoms with Gasteiger partial charge in [0.1, 0.15) is 5.75 Å². The molecule has 0 spiro atoms. The second-order valence-corrected chi connectivity index (χ2v) is 5.88. The number of likely N-dealkylation sites (tertiary alicyclic amines) is 1. The Morgan fingerprint density at radius 1 is 1.38 bits per heavy atom. The summed E-state index contributed by atoms with van der Waals surface area (Å²) in [5, 5.41) is 8.88. The fourth-order valence-electron chi connectivity index (χ4n) is 2.62. The molecule has 1 aliphatic rings. The molecule has 1 saturated heterocycles. The molecule has 1 aliphatic heterocycles. The van der Waals surface area contributed by atoms with E-state index in [9.17, 15) is 4.79 Å². The maximum Gasteiger partial charge on any atom is 0.309 e. The maximum absolute atomic E-state index is 10.8. The molecule has 21 heavy (non-hydrogen) atoms. The van der Waals surface area contributed by atoms with E-state index >= 15 is 0 Å². The number of carbonyl (C=O) groups is 1. The third-order valence-electron chi connectivity index (χ3n) is 3.96. The van der Waals surface area contributed by atoms with E-state index < -0.39 is 5.97 Å². The number of aryl methyl sites for hydroxylation is 1. The van der Waals surface area contributed by atoms with E-state index in [1.807, 2.05) is 6.07 Å². The van der Waals surface area contributed by atoms with Gasteiger partial charge in [-0.25, -0.2) is 0 Å². The van der Waals surface area contributed by atoms with Crippen molar-refractivity contribution in [2.75, 3.05) is 19.7 Å². The van der Waals surface area contributed by atoms with E-state index in [0.717, 1.165) is 30.9 Å². The van der Waals surface area contributed by atoms with Gasteiger partial charge in [0.15, 0.2) is 0 Å². The fourth-order valence-corrected chi connectivity index (χ4v) is 2.62. The van der Waals surface area contributed by atoms with Crippen molar-refractivity contribution in [1.82, 2.24) is 4.90 Å². The average Bonchev–Trinajstić information content (AvgIpc) is 2.40. The normalized spacial score (nSPS) is 15.7. The minimum absolute atomic E-state index is 0.188. The zero-order valence-electron chi connectivity index (χ0n) is 13.0. The molecule has 116 valence electrons. The van der Waals surface area contributed by atoms with Crippen LogP contribution in [0.15, 0.2) is 18.2 Å². The average molecular weight is 291 g/mol. The monoisotopic (exact) mass is 291 g/mol. The highest BCUT2D eigenvalue weighted by molar-refractivity contribution is 5.71. The molecule has 4 heteroatoms. The van der Waals surface area contributed by atoms with Crippen molar-refractivity contribution in [3.05, 3.63) is 29.3 Å². The third kappa shape index (κ3) is 4.46. The second kappa shape index (κ2) is 7.46. The molecular formula is C17H25NO3. The van der Waals surface area contributed by atoms with E-state index in [-0.39, 0.29) is 5.92 Å². The Morgan fingerprint density at radius 3 is 2.76 bits per heavy atom. The topological polar surface area (TPSA) is 49.8 Å². The van der Waals surface area contributed by atoms with Crippen molar-refractivity contribution in [3.8, 4) is 5.75 Å². The first kappa shape index (κ1) is 15.8. The molecule has 1 aromatic rings. The molecule has 4 nitrogen and oxygen atoms in total. The zero-order chi connectivity index (χ0) is 15.2. The molecule has 1 fully saturated rings. The highest BCUT2D eigenvalue weighted by atomic mass is 16.5.